The maximum Gasteiger partial charge on any atom is 0.385 e. The third kappa shape index (κ3) is 2.62. The number of benzene rings is 1. The Morgan fingerprint density at radius 2 is 1.68 bits per heavy atom. The molecule has 0 aliphatic carbocycles. The predicted molar refractivity (Wildman–Crippen MR) is 98.8 cm³/mol. The molecule has 0 aromatic heterocycles. The molecule has 9 nitrogen and oxygen atoms in total. The first-order chi connectivity index (χ1) is 13.2. The zero-order chi connectivity index (χ0) is 21.3. The maximum absolute atomic E-state index is 13.3. The summed E-state index contributed by atoms with van der Waals surface area (Å²) in [5.74, 6) is -2.97. The Morgan fingerprint density at radius 3 is 2.07 bits per heavy atom. The number of nitrogens with two attached hydrogens (primary N) is 1. The second-order valence-electron chi connectivity index (χ2n) is 6.47. The summed E-state index contributed by atoms with van der Waals surface area (Å²) in [5, 5.41) is 19.7. The zero-order valence-corrected chi connectivity index (χ0v) is 16.3. The number of carbonyl (C=O) groups is 3. The maximum atomic E-state index is 13.3. The van der Waals surface area contributed by atoms with E-state index in [-0.39, 0.29) is 25.1 Å². The summed E-state index contributed by atoms with van der Waals surface area (Å²) in [6, 6.07) is 4.95. The molecular weight excluding hydrogens is 368 g/mol. The van der Waals surface area contributed by atoms with Gasteiger partial charge in [-0.05, 0) is 25.5 Å². The van der Waals surface area contributed by atoms with Crippen LogP contribution in [0.3, 0.4) is 0 Å². The Morgan fingerprint density at radius 1 is 1.11 bits per heavy atom. The molecule has 1 aliphatic heterocycles. The summed E-state index contributed by atoms with van der Waals surface area (Å²) >= 11 is 0. The fraction of sp³-hybridized carbons (Fsp3) is 0.421. The molecule has 152 valence electrons. The van der Waals surface area contributed by atoms with Gasteiger partial charge in [-0.1, -0.05) is 6.07 Å². The first-order valence-electron chi connectivity index (χ1n) is 8.76. The molecular formula is C19H25N2O7+. The van der Waals surface area contributed by atoms with Crippen LogP contribution in [0.5, 0.6) is 11.5 Å². The van der Waals surface area contributed by atoms with Crippen molar-refractivity contribution in [2.45, 2.75) is 25.8 Å². The van der Waals surface area contributed by atoms with E-state index in [2.05, 4.69) is 0 Å². The van der Waals surface area contributed by atoms with Crippen LogP contribution in [0.25, 0.3) is 0 Å². The number of hydrogen-bond donors (Lipinski definition) is 3. The second kappa shape index (κ2) is 7.51. The molecule has 1 aromatic carbocycles. The molecule has 2 rings (SSSR count). The highest BCUT2D eigenvalue weighted by atomic mass is 16.5. The third-order valence-electron chi connectivity index (χ3n) is 5.56. The Kier molecular flexibility index (Phi) is 5.70. The number of quaternary nitrogens is 1. The average molecular weight is 393 g/mol. The largest absolute Gasteiger partial charge is 0.497 e. The van der Waals surface area contributed by atoms with Gasteiger partial charge in [0, 0.05) is 12.5 Å². The van der Waals surface area contributed by atoms with Gasteiger partial charge < -0.3 is 25.4 Å². The van der Waals surface area contributed by atoms with E-state index in [1.807, 2.05) is 0 Å². The van der Waals surface area contributed by atoms with Crippen molar-refractivity contribution in [3.63, 3.8) is 0 Å². The van der Waals surface area contributed by atoms with Gasteiger partial charge in [-0.15, -0.1) is 0 Å². The molecule has 0 spiro atoms. The van der Waals surface area contributed by atoms with Crippen molar-refractivity contribution in [3.05, 3.63) is 35.0 Å². The van der Waals surface area contributed by atoms with Gasteiger partial charge in [0.15, 0.2) is 0 Å². The molecule has 0 bridgehead atoms. The second-order valence-corrected chi connectivity index (χ2v) is 6.47. The lowest BCUT2D eigenvalue weighted by atomic mass is 9.91. The van der Waals surface area contributed by atoms with Crippen molar-refractivity contribution < 1.29 is 38.6 Å². The molecule has 28 heavy (non-hydrogen) atoms. The molecule has 1 amide bonds. The number of carboxylic acids is 2. The Hall–Kier alpha value is -3.07. The van der Waals surface area contributed by atoms with E-state index in [1.165, 1.54) is 14.2 Å². The van der Waals surface area contributed by atoms with Gasteiger partial charge in [-0.25, -0.2) is 18.9 Å². The highest BCUT2D eigenvalue weighted by molar-refractivity contribution is 6.12. The summed E-state index contributed by atoms with van der Waals surface area (Å²) in [4.78, 5) is 37.6. The first kappa shape index (κ1) is 21.2. The highest BCUT2D eigenvalue weighted by Crippen LogP contribution is 2.43. The number of carboxylic acid groups (broad SMARTS) is 2. The van der Waals surface area contributed by atoms with E-state index in [4.69, 9.17) is 15.2 Å². The summed E-state index contributed by atoms with van der Waals surface area (Å²) < 4.78 is 9.67. The van der Waals surface area contributed by atoms with Crippen molar-refractivity contribution in [2.24, 2.45) is 5.73 Å². The molecule has 0 unspecified atom stereocenters. The molecule has 1 aliphatic rings. The lowest BCUT2D eigenvalue weighted by Gasteiger charge is -2.40. The highest BCUT2D eigenvalue weighted by Gasteiger charge is 2.73. The zero-order valence-electron chi connectivity index (χ0n) is 16.3. The smallest absolute Gasteiger partial charge is 0.385 e. The summed E-state index contributed by atoms with van der Waals surface area (Å²) in [7, 11) is 2.95. The fourth-order valence-electron chi connectivity index (χ4n) is 4.01. The molecule has 9 heteroatoms. The molecule has 1 aromatic rings. The lowest BCUT2D eigenvalue weighted by molar-refractivity contribution is -0.873. The van der Waals surface area contributed by atoms with E-state index in [0.717, 1.165) is 0 Å². The van der Waals surface area contributed by atoms with E-state index >= 15 is 0 Å². The van der Waals surface area contributed by atoms with Crippen LogP contribution in [0.15, 0.2) is 29.5 Å². The standard InChI is InChI=1S/C19H24N2O7/c1-5-21(6-2)16(22)13(15(20)19(21,17(23)24)18(25)26)9-11-7-8-12(27-3)10-14(11)28-4/h7-8,10H,5-6,9H2,1-4H3,(H3-,20,22,23,24,25,26)/p+1. The van der Waals surface area contributed by atoms with E-state index in [0.29, 0.717) is 17.1 Å². The fourth-order valence-corrected chi connectivity index (χ4v) is 4.01. The van der Waals surface area contributed by atoms with Gasteiger partial charge in [0.05, 0.1) is 32.9 Å². The molecule has 0 saturated heterocycles. The van der Waals surface area contributed by atoms with Crippen LogP contribution >= 0.6 is 0 Å². The number of carbonyl (C=O) groups excluding carboxylic acids is 1. The Bertz CT molecular complexity index is 842. The van der Waals surface area contributed by atoms with Crippen LogP contribution in [-0.4, -0.2) is 65.4 Å². The van der Waals surface area contributed by atoms with Crippen LogP contribution in [-0.2, 0) is 20.8 Å². The Labute approximate surface area is 162 Å². The lowest BCUT2D eigenvalue weighted by Crippen LogP contribution is -2.72. The van der Waals surface area contributed by atoms with E-state index in [9.17, 15) is 24.6 Å². The van der Waals surface area contributed by atoms with Crippen LogP contribution in [0.1, 0.15) is 19.4 Å². The Balaban J connectivity index is 2.71. The molecule has 0 fully saturated rings. The summed E-state index contributed by atoms with van der Waals surface area (Å²) in [6.45, 7) is 3.09. The van der Waals surface area contributed by atoms with Gasteiger partial charge >= 0.3 is 23.4 Å². The molecule has 4 N–H and O–H groups in total. The SMILES string of the molecule is CC[N+]1(CC)C(=O)C(Cc2ccc(OC)cc2OC)=C(N)C1(C(=O)O)C(=O)O. The number of rotatable bonds is 8. The minimum Gasteiger partial charge on any atom is -0.497 e. The average Bonchev–Trinajstić information content (AvgIpc) is 2.87. The predicted octanol–water partition coefficient (Wildman–Crippen LogP) is 0.764. The van der Waals surface area contributed by atoms with Crippen LogP contribution in [0.2, 0.25) is 0 Å². The number of ether oxygens (including phenoxy) is 2. The van der Waals surface area contributed by atoms with Crippen molar-refractivity contribution in [3.8, 4) is 11.5 Å². The van der Waals surface area contributed by atoms with Gasteiger partial charge in [0.25, 0.3) is 0 Å². The van der Waals surface area contributed by atoms with Crippen LogP contribution in [0.4, 0.5) is 0 Å². The van der Waals surface area contributed by atoms with Gasteiger partial charge in [-0.3, -0.25) is 0 Å². The number of nitrogens with zero attached hydrogens (tertiary/aromatic N) is 1. The molecule has 0 atom stereocenters. The van der Waals surface area contributed by atoms with Gasteiger partial charge in [0.1, 0.15) is 17.2 Å². The van der Waals surface area contributed by atoms with E-state index in [1.54, 1.807) is 32.0 Å². The van der Waals surface area contributed by atoms with Crippen LogP contribution in [0, 0.1) is 0 Å². The minimum atomic E-state index is -2.56. The topological polar surface area (TPSA) is 136 Å². The van der Waals surface area contributed by atoms with Gasteiger partial charge in [-0.2, -0.15) is 0 Å². The normalized spacial score (nSPS) is 17.5. The van der Waals surface area contributed by atoms with Crippen molar-refractivity contribution in [2.75, 3.05) is 27.3 Å². The number of likely N-dealkylation sites (N-methyl/N-ethyl adjacent to an activating group) is 1. The first-order valence-corrected chi connectivity index (χ1v) is 8.76. The number of methoxy groups -OCH3 is 2. The molecule has 0 saturated carbocycles. The minimum absolute atomic E-state index is 0.0299. The molecule has 0 radical (unpaired) electrons. The number of aliphatic carboxylic acids is 2. The van der Waals surface area contributed by atoms with Crippen LogP contribution < -0.4 is 15.2 Å². The quantitative estimate of drug-likeness (QED) is 0.435. The van der Waals surface area contributed by atoms with Gasteiger partial charge in [0.2, 0.25) is 0 Å². The van der Waals surface area contributed by atoms with Crippen molar-refractivity contribution in [1.29, 1.82) is 0 Å². The summed E-state index contributed by atoms with van der Waals surface area (Å²) in [5.41, 5.74) is 3.61. The number of amides is 1. The third-order valence-corrected chi connectivity index (χ3v) is 5.56. The van der Waals surface area contributed by atoms with E-state index < -0.39 is 33.6 Å². The van der Waals surface area contributed by atoms with Crippen molar-refractivity contribution in [1.82, 2.24) is 0 Å². The molecule has 1 heterocycles. The summed E-state index contributed by atoms with van der Waals surface area (Å²) in [6.07, 6.45) is -0.0554. The van der Waals surface area contributed by atoms with Crippen molar-refractivity contribution >= 4 is 17.8 Å². The number of hydrogen-bond acceptors (Lipinski definition) is 6. The monoisotopic (exact) mass is 393 g/mol.